The molecule has 0 aliphatic carbocycles. The molecule has 194 valence electrons. The van der Waals surface area contributed by atoms with Gasteiger partial charge in [-0.05, 0) is 35.9 Å². The number of carbonyl (C=O) groups excluding carboxylic acids is 1. The lowest BCUT2D eigenvalue weighted by molar-refractivity contribution is -0.252. The predicted octanol–water partition coefficient (Wildman–Crippen LogP) is 5.59. The number of hydrogen-bond acceptors (Lipinski definition) is 6. The van der Waals surface area contributed by atoms with Crippen molar-refractivity contribution in [2.75, 3.05) is 25.5 Å². The molecule has 3 atom stereocenters. The van der Waals surface area contributed by atoms with E-state index in [2.05, 4.69) is 36.0 Å². The highest BCUT2D eigenvalue weighted by Gasteiger charge is 2.32. The number of amides is 1. The third kappa shape index (κ3) is 7.74. The molecule has 0 unspecified atom stereocenters. The largest absolute Gasteiger partial charge is 0.445 e. The van der Waals surface area contributed by atoms with Crippen molar-refractivity contribution in [2.45, 2.75) is 38.1 Å². The fraction of sp³-hybridized carbons (Fsp3) is 0.300. The van der Waals surface area contributed by atoms with E-state index in [1.54, 1.807) is 12.1 Å². The molecule has 3 aromatic carbocycles. The number of nitrogens with one attached hydrogen (secondary N) is 1. The van der Waals surface area contributed by atoms with Gasteiger partial charge in [0.2, 0.25) is 0 Å². The first-order valence-electron chi connectivity index (χ1n) is 12.4. The van der Waals surface area contributed by atoms with Gasteiger partial charge in [-0.3, -0.25) is 10.2 Å². The van der Waals surface area contributed by atoms with Crippen LogP contribution in [0.1, 0.15) is 41.1 Å². The molecule has 0 saturated carbocycles. The fourth-order valence-corrected chi connectivity index (χ4v) is 4.35. The number of nitrogens with zero attached hydrogens (tertiary/aromatic N) is 1. The minimum absolute atomic E-state index is 0.00591. The highest BCUT2D eigenvalue weighted by Crippen LogP contribution is 2.38. The molecule has 2 N–H and O–H groups in total. The zero-order valence-electron chi connectivity index (χ0n) is 21.1. The molecule has 1 aliphatic rings. The average Bonchev–Trinajstić information content (AvgIpc) is 2.92. The molecule has 0 radical (unpaired) electrons. The number of aliphatic hydroxyl groups excluding tert-OH is 1. The molecular formula is C30H34N2O5. The van der Waals surface area contributed by atoms with Crippen LogP contribution < -0.4 is 5.32 Å². The molecule has 1 aliphatic heterocycles. The van der Waals surface area contributed by atoms with Crippen molar-refractivity contribution >= 4 is 11.8 Å². The molecule has 4 rings (SSSR count). The number of anilines is 1. The van der Waals surface area contributed by atoms with Crippen LogP contribution >= 0.6 is 0 Å². The second-order valence-corrected chi connectivity index (χ2v) is 9.17. The van der Waals surface area contributed by atoms with Gasteiger partial charge in [-0.15, -0.1) is 0 Å². The van der Waals surface area contributed by atoms with Crippen LogP contribution in [0.25, 0.3) is 0 Å². The number of ether oxygens (including phenoxy) is 3. The molecule has 0 bridgehead atoms. The zero-order chi connectivity index (χ0) is 26.0. The molecule has 1 heterocycles. The Morgan fingerprint density at radius 2 is 1.73 bits per heavy atom. The van der Waals surface area contributed by atoms with E-state index in [4.69, 9.17) is 14.2 Å². The number of carbonyl (C=O) groups is 1. The van der Waals surface area contributed by atoms with E-state index in [-0.39, 0.29) is 25.4 Å². The lowest BCUT2D eigenvalue weighted by Gasteiger charge is -2.38. The third-order valence-corrected chi connectivity index (χ3v) is 6.19. The van der Waals surface area contributed by atoms with Gasteiger partial charge in [0.25, 0.3) is 0 Å². The molecule has 7 nitrogen and oxygen atoms in total. The Morgan fingerprint density at radius 3 is 2.41 bits per heavy atom. The Kier molecular flexibility index (Phi) is 9.46. The molecule has 3 aromatic rings. The maximum atomic E-state index is 11.8. The van der Waals surface area contributed by atoms with E-state index < -0.39 is 12.4 Å². The third-order valence-electron chi connectivity index (χ3n) is 6.19. The van der Waals surface area contributed by atoms with Crippen molar-refractivity contribution in [3.63, 3.8) is 0 Å². The second kappa shape index (κ2) is 13.2. The first kappa shape index (κ1) is 26.6. The Bertz CT molecular complexity index is 1130. The lowest BCUT2D eigenvalue weighted by atomic mass is 9.99. The molecule has 1 saturated heterocycles. The van der Waals surface area contributed by atoms with Gasteiger partial charge in [0, 0.05) is 30.8 Å². The van der Waals surface area contributed by atoms with E-state index >= 15 is 0 Å². The maximum absolute atomic E-state index is 11.8. The lowest BCUT2D eigenvalue weighted by Crippen LogP contribution is -2.37. The van der Waals surface area contributed by atoms with Crippen LogP contribution in [0.4, 0.5) is 10.5 Å². The summed E-state index contributed by atoms with van der Waals surface area (Å²) in [6.45, 7) is 5.26. The van der Waals surface area contributed by atoms with Crippen molar-refractivity contribution in [1.29, 1.82) is 0 Å². The van der Waals surface area contributed by atoms with Crippen LogP contribution in [0, 0.1) is 0 Å². The first-order valence-corrected chi connectivity index (χ1v) is 12.4. The van der Waals surface area contributed by atoms with E-state index in [1.165, 1.54) is 11.6 Å². The number of aliphatic hydroxyl groups is 1. The summed E-state index contributed by atoms with van der Waals surface area (Å²) in [5.74, 6) is 0. The molecular weight excluding hydrogens is 468 g/mol. The summed E-state index contributed by atoms with van der Waals surface area (Å²) in [7, 11) is 2.10. The van der Waals surface area contributed by atoms with E-state index in [9.17, 15) is 9.90 Å². The molecule has 37 heavy (non-hydrogen) atoms. The molecule has 7 heteroatoms. The molecule has 0 aromatic heterocycles. The van der Waals surface area contributed by atoms with Crippen LogP contribution in [-0.4, -0.2) is 42.4 Å². The van der Waals surface area contributed by atoms with Crippen molar-refractivity contribution < 1.29 is 24.1 Å². The van der Waals surface area contributed by atoms with Gasteiger partial charge in [0.15, 0.2) is 6.29 Å². The van der Waals surface area contributed by atoms with Gasteiger partial charge in [-0.25, -0.2) is 4.79 Å². The van der Waals surface area contributed by atoms with Crippen LogP contribution in [0.2, 0.25) is 0 Å². The van der Waals surface area contributed by atoms with Crippen molar-refractivity contribution in [3.05, 3.63) is 114 Å². The van der Waals surface area contributed by atoms with Gasteiger partial charge in [-0.1, -0.05) is 79.4 Å². The van der Waals surface area contributed by atoms with Gasteiger partial charge in [0.05, 0.1) is 18.8 Å². The highest BCUT2D eigenvalue weighted by molar-refractivity contribution is 5.84. The number of benzene rings is 3. The van der Waals surface area contributed by atoms with Crippen LogP contribution in [-0.2, 0) is 27.4 Å². The fourth-order valence-electron chi connectivity index (χ4n) is 4.35. The van der Waals surface area contributed by atoms with Crippen molar-refractivity contribution in [1.82, 2.24) is 4.90 Å². The number of rotatable bonds is 10. The zero-order valence-corrected chi connectivity index (χ0v) is 21.1. The Labute approximate surface area is 218 Å². The summed E-state index contributed by atoms with van der Waals surface area (Å²) in [5, 5.41) is 12.1. The molecule has 0 spiro atoms. The summed E-state index contributed by atoms with van der Waals surface area (Å²) < 4.78 is 17.8. The highest BCUT2D eigenvalue weighted by atomic mass is 16.7. The first-order chi connectivity index (χ1) is 18.0. The molecule has 1 amide bonds. The van der Waals surface area contributed by atoms with Gasteiger partial charge < -0.3 is 19.3 Å². The smallest absolute Gasteiger partial charge is 0.411 e. The average molecular weight is 503 g/mol. The minimum Gasteiger partial charge on any atom is -0.445 e. The monoisotopic (exact) mass is 502 g/mol. The van der Waals surface area contributed by atoms with Crippen molar-refractivity contribution in [2.24, 2.45) is 0 Å². The van der Waals surface area contributed by atoms with E-state index in [1.807, 2.05) is 54.6 Å². The number of likely N-dealkylation sites (N-methyl/N-ethyl adjacent to an activating group) is 1. The van der Waals surface area contributed by atoms with Crippen LogP contribution in [0.15, 0.2) is 91.5 Å². The minimum atomic E-state index is -0.562. The van der Waals surface area contributed by atoms with Crippen LogP contribution in [0.5, 0.6) is 0 Å². The number of hydrogen-bond donors (Lipinski definition) is 2. The summed E-state index contributed by atoms with van der Waals surface area (Å²) in [4.78, 5) is 14.1. The van der Waals surface area contributed by atoms with Gasteiger partial charge >= 0.3 is 6.09 Å². The Balaban J connectivity index is 1.47. The van der Waals surface area contributed by atoms with Crippen LogP contribution in [0.3, 0.4) is 0 Å². The summed E-state index contributed by atoms with van der Waals surface area (Å²) in [6.07, 6.45) is 0.916. The maximum Gasteiger partial charge on any atom is 0.411 e. The summed E-state index contributed by atoms with van der Waals surface area (Å²) in [5.41, 5.74) is 4.63. The van der Waals surface area contributed by atoms with E-state index in [0.29, 0.717) is 12.1 Å². The second-order valence-electron chi connectivity index (χ2n) is 9.17. The SMILES string of the molecule is C=CCOC(=O)Nc1ccc([C@H]2O[C@@H](CN(C)Cc3ccccc3)C[C@@H](c3ccc(CO)cc3)O2)cc1. The topological polar surface area (TPSA) is 80.3 Å². The summed E-state index contributed by atoms with van der Waals surface area (Å²) in [6, 6.07) is 25.6. The Hall–Kier alpha value is -3.49. The predicted molar refractivity (Wildman–Crippen MR) is 143 cm³/mol. The summed E-state index contributed by atoms with van der Waals surface area (Å²) >= 11 is 0. The van der Waals surface area contributed by atoms with Gasteiger partial charge in [-0.2, -0.15) is 0 Å². The standard InChI is InChI=1S/C30H34N2O5/c1-3-17-35-30(34)31-26-15-13-25(14-16-26)29-36-27(20-32(2)19-22-7-5-4-6-8-22)18-28(37-29)24-11-9-23(21-33)10-12-24/h3-16,27-29,33H,1,17-21H2,2H3,(H,31,34)/t27-,28+,29+/m1/s1. The van der Waals surface area contributed by atoms with Gasteiger partial charge in [0.1, 0.15) is 6.61 Å². The van der Waals surface area contributed by atoms with Crippen molar-refractivity contribution in [3.8, 4) is 0 Å². The van der Waals surface area contributed by atoms with E-state index in [0.717, 1.165) is 29.8 Å². The Morgan fingerprint density at radius 1 is 1.03 bits per heavy atom. The normalized spacial score (nSPS) is 19.4. The quantitative estimate of drug-likeness (QED) is 0.352. The molecule has 1 fully saturated rings.